The van der Waals surface area contributed by atoms with Gasteiger partial charge in [-0.3, -0.25) is 0 Å². The van der Waals surface area contributed by atoms with Gasteiger partial charge in [-0.15, -0.1) is 0 Å². The molecule has 0 saturated heterocycles. The van der Waals surface area contributed by atoms with E-state index in [1.54, 1.807) is 0 Å². The fourth-order valence-electron chi connectivity index (χ4n) is 4.66. The molecule has 5 aromatic rings. The van der Waals surface area contributed by atoms with E-state index in [9.17, 15) is 0 Å². The first-order chi connectivity index (χ1) is 14.8. The quantitative estimate of drug-likeness (QED) is 0.281. The lowest BCUT2D eigenvalue weighted by atomic mass is 9.65. The number of rotatable bonds is 4. The number of aryl methyl sites for hydroxylation is 1. The molecule has 0 spiro atoms. The Morgan fingerprint density at radius 2 is 0.867 bits per heavy atom. The van der Waals surface area contributed by atoms with Crippen LogP contribution >= 0.6 is 0 Å². The standard InChI is InChI=1S/C30H24/c1-23-17-18-24-19-20-29(22-25(24)21-23)30(26-11-5-2-6-12-26,27-13-7-3-8-14-27)28-15-9-4-10-16-28/h2-22H,1H3. The Kier molecular flexibility index (Phi) is 4.69. The minimum Gasteiger partial charge on any atom is -0.0622 e. The molecular weight excluding hydrogens is 360 g/mol. The van der Waals surface area contributed by atoms with Crippen LogP contribution < -0.4 is 0 Å². The van der Waals surface area contributed by atoms with Crippen molar-refractivity contribution < 1.29 is 0 Å². The Balaban J connectivity index is 1.91. The third-order valence-electron chi connectivity index (χ3n) is 6.05. The first-order valence-corrected chi connectivity index (χ1v) is 10.5. The average molecular weight is 385 g/mol. The molecule has 0 radical (unpaired) electrons. The number of hydrogen-bond acceptors (Lipinski definition) is 0. The monoisotopic (exact) mass is 384 g/mol. The highest BCUT2D eigenvalue weighted by atomic mass is 14.4. The van der Waals surface area contributed by atoms with Gasteiger partial charge in [0.2, 0.25) is 0 Å². The van der Waals surface area contributed by atoms with Gasteiger partial charge in [-0.25, -0.2) is 0 Å². The highest BCUT2D eigenvalue weighted by Gasteiger charge is 2.38. The topological polar surface area (TPSA) is 0 Å². The smallest absolute Gasteiger partial charge is 0.0622 e. The Morgan fingerprint density at radius 3 is 1.37 bits per heavy atom. The second-order valence-electron chi connectivity index (χ2n) is 7.91. The highest BCUT2D eigenvalue weighted by molar-refractivity contribution is 5.85. The van der Waals surface area contributed by atoms with Crippen LogP contribution in [0.5, 0.6) is 0 Å². The molecule has 0 heteroatoms. The van der Waals surface area contributed by atoms with Gasteiger partial charge >= 0.3 is 0 Å². The van der Waals surface area contributed by atoms with Crippen LogP contribution in [0.2, 0.25) is 0 Å². The van der Waals surface area contributed by atoms with Gasteiger partial charge in [-0.2, -0.15) is 0 Å². The van der Waals surface area contributed by atoms with Crippen LogP contribution in [-0.4, -0.2) is 0 Å². The third kappa shape index (κ3) is 3.02. The Morgan fingerprint density at radius 1 is 0.400 bits per heavy atom. The maximum Gasteiger partial charge on any atom is 0.0701 e. The predicted molar refractivity (Wildman–Crippen MR) is 127 cm³/mol. The van der Waals surface area contributed by atoms with E-state index in [1.807, 2.05) is 0 Å². The van der Waals surface area contributed by atoms with Crippen molar-refractivity contribution in [2.24, 2.45) is 0 Å². The summed E-state index contributed by atoms with van der Waals surface area (Å²) < 4.78 is 0. The van der Waals surface area contributed by atoms with Crippen molar-refractivity contribution in [3.05, 3.63) is 155 Å². The second-order valence-corrected chi connectivity index (χ2v) is 7.91. The summed E-state index contributed by atoms with van der Waals surface area (Å²) in [7, 11) is 0. The van der Waals surface area contributed by atoms with Crippen LogP contribution in [0.3, 0.4) is 0 Å². The van der Waals surface area contributed by atoms with Gasteiger partial charge in [-0.1, -0.05) is 127 Å². The van der Waals surface area contributed by atoms with E-state index in [0.717, 1.165) is 0 Å². The molecule has 0 aliphatic heterocycles. The maximum atomic E-state index is 2.37. The van der Waals surface area contributed by atoms with E-state index >= 15 is 0 Å². The minimum absolute atomic E-state index is 0.387. The zero-order chi connectivity index (χ0) is 20.4. The van der Waals surface area contributed by atoms with Crippen LogP contribution in [0.25, 0.3) is 10.8 Å². The van der Waals surface area contributed by atoms with Crippen LogP contribution in [-0.2, 0) is 5.41 Å². The molecule has 5 aromatic carbocycles. The van der Waals surface area contributed by atoms with E-state index in [2.05, 4.69) is 134 Å². The van der Waals surface area contributed by atoms with Gasteiger partial charge in [0.15, 0.2) is 0 Å². The summed E-state index contributed by atoms with van der Waals surface area (Å²) in [4.78, 5) is 0. The minimum atomic E-state index is -0.387. The fraction of sp³-hybridized carbons (Fsp3) is 0.0667. The van der Waals surface area contributed by atoms with Gasteiger partial charge in [0.1, 0.15) is 0 Å². The molecule has 0 atom stereocenters. The maximum absolute atomic E-state index is 2.37. The summed E-state index contributed by atoms with van der Waals surface area (Å²) in [5, 5.41) is 2.55. The van der Waals surface area contributed by atoms with Gasteiger partial charge in [0.25, 0.3) is 0 Å². The summed E-state index contributed by atoms with van der Waals surface area (Å²) in [5.41, 5.74) is 5.99. The lowest BCUT2D eigenvalue weighted by Gasteiger charge is -2.37. The molecule has 0 aromatic heterocycles. The molecule has 0 heterocycles. The molecule has 30 heavy (non-hydrogen) atoms. The van der Waals surface area contributed by atoms with Crippen LogP contribution in [0.4, 0.5) is 0 Å². The normalized spacial score (nSPS) is 11.5. The van der Waals surface area contributed by atoms with Crippen molar-refractivity contribution in [2.45, 2.75) is 12.3 Å². The molecule has 0 bridgehead atoms. The second kappa shape index (κ2) is 7.65. The lowest BCUT2D eigenvalue weighted by molar-refractivity contribution is 0.746. The van der Waals surface area contributed by atoms with Gasteiger partial charge < -0.3 is 0 Å². The Labute approximate surface area is 178 Å². The molecule has 0 nitrogen and oxygen atoms in total. The molecular formula is C30H24. The lowest BCUT2D eigenvalue weighted by Crippen LogP contribution is -2.30. The van der Waals surface area contributed by atoms with Crippen molar-refractivity contribution in [1.82, 2.24) is 0 Å². The SMILES string of the molecule is Cc1ccc2ccc(C(c3ccccc3)(c3ccccc3)c3ccccc3)cc2c1. The first kappa shape index (κ1) is 18.4. The number of fused-ring (bicyclic) bond motifs is 1. The highest BCUT2D eigenvalue weighted by Crippen LogP contribution is 2.45. The summed E-state index contributed by atoms with van der Waals surface area (Å²) in [6.07, 6.45) is 0. The summed E-state index contributed by atoms with van der Waals surface area (Å²) >= 11 is 0. The average Bonchev–Trinajstić information content (AvgIpc) is 2.81. The van der Waals surface area contributed by atoms with Crippen molar-refractivity contribution in [1.29, 1.82) is 0 Å². The Hall–Kier alpha value is -3.64. The fourth-order valence-corrected chi connectivity index (χ4v) is 4.66. The van der Waals surface area contributed by atoms with Crippen molar-refractivity contribution in [2.75, 3.05) is 0 Å². The predicted octanol–water partition coefficient (Wildman–Crippen LogP) is 7.53. The van der Waals surface area contributed by atoms with Gasteiger partial charge in [-0.05, 0) is 46.0 Å². The van der Waals surface area contributed by atoms with Gasteiger partial charge in [0, 0.05) is 0 Å². The van der Waals surface area contributed by atoms with Crippen molar-refractivity contribution in [3.63, 3.8) is 0 Å². The molecule has 0 fully saturated rings. The van der Waals surface area contributed by atoms with Crippen molar-refractivity contribution in [3.8, 4) is 0 Å². The third-order valence-corrected chi connectivity index (χ3v) is 6.05. The van der Waals surface area contributed by atoms with E-state index in [1.165, 1.54) is 38.6 Å². The first-order valence-electron chi connectivity index (χ1n) is 10.5. The van der Waals surface area contributed by atoms with Crippen LogP contribution in [0.1, 0.15) is 27.8 Å². The molecule has 0 N–H and O–H groups in total. The number of benzene rings is 5. The largest absolute Gasteiger partial charge is 0.0701 e. The number of hydrogen-bond donors (Lipinski definition) is 0. The summed E-state index contributed by atoms with van der Waals surface area (Å²) in [5.74, 6) is 0. The van der Waals surface area contributed by atoms with E-state index in [0.29, 0.717) is 0 Å². The molecule has 0 unspecified atom stereocenters. The molecule has 0 aliphatic rings. The molecule has 144 valence electrons. The molecule has 0 aliphatic carbocycles. The molecule has 0 saturated carbocycles. The van der Waals surface area contributed by atoms with Crippen LogP contribution in [0.15, 0.2) is 127 Å². The summed E-state index contributed by atoms with van der Waals surface area (Å²) in [6.45, 7) is 2.16. The molecule has 5 rings (SSSR count). The van der Waals surface area contributed by atoms with Crippen LogP contribution in [0, 0.1) is 6.92 Å². The van der Waals surface area contributed by atoms with E-state index < -0.39 is 0 Å². The van der Waals surface area contributed by atoms with E-state index in [4.69, 9.17) is 0 Å². The zero-order valence-corrected chi connectivity index (χ0v) is 17.1. The zero-order valence-electron chi connectivity index (χ0n) is 17.1. The summed E-state index contributed by atoms with van der Waals surface area (Å²) in [6, 6.07) is 46.2. The Bertz CT molecular complexity index is 1170. The van der Waals surface area contributed by atoms with Gasteiger partial charge in [0.05, 0.1) is 5.41 Å². The van der Waals surface area contributed by atoms with E-state index in [-0.39, 0.29) is 5.41 Å². The molecule has 0 amide bonds. The van der Waals surface area contributed by atoms with Crippen molar-refractivity contribution >= 4 is 10.8 Å².